The van der Waals surface area contributed by atoms with Gasteiger partial charge in [0.1, 0.15) is 0 Å². The fraction of sp³-hybridized carbons (Fsp3) is 0.375. The van der Waals surface area contributed by atoms with Gasteiger partial charge in [-0.1, -0.05) is 0 Å². The monoisotopic (exact) mass is 407 g/mol. The molecule has 0 saturated carbocycles. The van der Waals surface area contributed by atoms with E-state index in [1.54, 1.807) is 9.96 Å². The van der Waals surface area contributed by atoms with Crippen molar-refractivity contribution in [1.82, 2.24) is 4.98 Å². The Kier molecular flexibility index (Phi) is 5.30. The van der Waals surface area contributed by atoms with E-state index in [2.05, 4.69) is 87.4 Å². The summed E-state index contributed by atoms with van der Waals surface area (Å²) in [6.07, 6.45) is 1.14. The second-order valence-electron chi connectivity index (χ2n) is 9.08. The SMILES string of the molecule is Cc1cc(C)cc(-c2ccc3c(CC(C)C)[c]([Ge]([CH3])([CH3])[CH3])ccc3n2)c1. The van der Waals surface area contributed by atoms with Gasteiger partial charge in [-0.15, -0.1) is 0 Å². The van der Waals surface area contributed by atoms with E-state index in [-0.39, 0.29) is 0 Å². The molecule has 0 radical (unpaired) electrons. The summed E-state index contributed by atoms with van der Waals surface area (Å²) < 4.78 is 1.63. The van der Waals surface area contributed by atoms with Crippen molar-refractivity contribution in [2.45, 2.75) is 51.4 Å². The molecule has 26 heavy (non-hydrogen) atoms. The third kappa shape index (κ3) is 4.04. The first kappa shape index (κ1) is 19.2. The van der Waals surface area contributed by atoms with E-state index in [0.29, 0.717) is 5.92 Å². The first-order valence-electron chi connectivity index (χ1n) is 9.67. The van der Waals surface area contributed by atoms with Crippen molar-refractivity contribution in [3.63, 3.8) is 0 Å². The number of aryl methyl sites for hydroxylation is 2. The molecule has 0 amide bonds. The van der Waals surface area contributed by atoms with E-state index in [9.17, 15) is 0 Å². The molecule has 2 heteroatoms. The Hall–Kier alpha value is -1.61. The molecule has 3 rings (SSSR count). The number of hydrogen-bond donors (Lipinski definition) is 0. The van der Waals surface area contributed by atoms with Crippen LogP contribution in [0.2, 0.25) is 17.3 Å². The van der Waals surface area contributed by atoms with Gasteiger partial charge in [-0.25, -0.2) is 0 Å². The molecule has 0 aliphatic heterocycles. The van der Waals surface area contributed by atoms with Gasteiger partial charge in [0, 0.05) is 0 Å². The van der Waals surface area contributed by atoms with Crippen LogP contribution in [0.15, 0.2) is 42.5 Å². The molecule has 1 heterocycles. The zero-order valence-corrected chi connectivity index (χ0v) is 19.4. The number of aromatic nitrogens is 1. The molecule has 0 bridgehead atoms. The van der Waals surface area contributed by atoms with Crippen LogP contribution in [0.25, 0.3) is 22.2 Å². The number of hydrogen-bond acceptors (Lipinski definition) is 1. The van der Waals surface area contributed by atoms with Crippen LogP contribution in [0.3, 0.4) is 0 Å². The summed E-state index contributed by atoms with van der Waals surface area (Å²) in [6, 6.07) is 15.8. The normalized spacial score (nSPS) is 12.2. The molecule has 0 aliphatic rings. The predicted molar refractivity (Wildman–Crippen MR) is 118 cm³/mol. The fourth-order valence-corrected chi connectivity index (χ4v) is 7.50. The number of pyridine rings is 1. The van der Waals surface area contributed by atoms with Crippen molar-refractivity contribution in [2.75, 3.05) is 0 Å². The molecule has 0 fully saturated rings. The number of nitrogens with zero attached hydrogens (tertiary/aromatic N) is 1. The zero-order chi connectivity index (χ0) is 19.1. The molecule has 3 aromatic rings. The third-order valence-electron chi connectivity index (χ3n) is 4.92. The average Bonchev–Trinajstić information content (AvgIpc) is 2.52. The molecule has 0 N–H and O–H groups in total. The quantitative estimate of drug-likeness (QED) is 0.466. The summed E-state index contributed by atoms with van der Waals surface area (Å²) in [5, 5.41) is 1.35. The van der Waals surface area contributed by atoms with Gasteiger partial charge in [0.2, 0.25) is 0 Å². The molecule has 0 saturated heterocycles. The summed E-state index contributed by atoms with van der Waals surface area (Å²) in [6.45, 7) is 8.94. The Labute approximate surface area is 161 Å². The van der Waals surface area contributed by atoms with Crippen LogP contribution in [0.5, 0.6) is 0 Å². The molecule has 0 unspecified atom stereocenters. The summed E-state index contributed by atoms with van der Waals surface area (Å²) in [5.74, 6) is 8.12. The van der Waals surface area contributed by atoms with Crippen LogP contribution in [0, 0.1) is 19.8 Å². The van der Waals surface area contributed by atoms with Crippen LogP contribution < -0.4 is 4.40 Å². The van der Waals surface area contributed by atoms with Crippen LogP contribution >= 0.6 is 0 Å². The third-order valence-corrected chi connectivity index (χ3v) is 9.29. The predicted octanol–water partition coefficient (Wildman–Crippen LogP) is 6.26. The van der Waals surface area contributed by atoms with E-state index in [4.69, 9.17) is 4.98 Å². The van der Waals surface area contributed by atoms with E-state index in [0.717, 1.165) is 17.6 Å². The molecular weight excluding hydrogens is 375 g/mol. The Morgan fingerprint density at radius 2 is 1.54 bits per heavy atom. The van der Waals surface area contributed by atoms with Gasteiger partial charge in [0.15, 0.2) is 0 Å². The molecular formula is C24H31GeN. The number of benzene rings is 2. The molecule has 0 spiro atoms. The van der Waals surface area contributed by atoms with Crippen molar-refractivity contribution in [3.8, 4) is 11.3 Å². The van der Waals surface area contributed by atoms with Gasteiger partial charge < -0.3 is 0 Å². The van der Waals surface area contributed by atoms with Crippen molar-refractivity contribution >= 4 is 28.6 Å². The summed E-state index contributed by atoms with van der Waals surface area (Å²) in [5.41, 5.74) is 7.55. The molecule has 0 atom stereocenters. The molecule has 136 valence electrons. The standard InChI is InChI=1S/C24H31GeN/c1-16(2)12-21-20-8-10-23(19-14-17(3)13-18(4)15-19)26-24(20)11-9-22(21)25(5,6)7/h8-11,13-16H,12H2,1-7H3. The summed E-state index contributed by atoms with van der Waals surface area (Å²) >= 11 is -1.92. The van der Waals surface area contributed by atoms with Crippen molar-refractivity contribution in [3.05, 3.63) is 59.2 Å². The van der Waals surface area contributed by atoms with Crippen molar-refractivity contribution in [1.29, 1.82) is 0 Å². The van der Waals surface area contributed by atoms with Crippen LogP contribution in [0.1, 0.15) is 30.5 Å². The molecule has 1 nitrogen and oxygen atoms in total. The summed E-state index contributed by atoms with van der Waals surface area (Å²) in [7, 11) is 0. The van der Waals surface area contributed by atoms with Crippen molar-refractivity contribution < 1.29 is 0 Å². The molecule has 0 aliphatic carbocycles. The van der Waals surface area contributed by atoms with E-state index < -0.39 is 13.3 Å². The van der Waals surface area contributed by atoms with E-state index >= 15 is 0 Å². The van der Waals surface area contributed by atoms with Gasteiger partial charge in [-0.05, 0) is 0 Å². The summed E-state index contributed by atoms with van der Waals surface area (Å²) in [4.78, 5) is 5.04. The number of fused-ring (bicyclic) bond motifs is 1. The van der Waals surface area contributed by atoms with Crippen LogP contribution in [-0.4, -0.2) is 18.3 Å². The maximum atomic E-state index is 5.04. The second-order valence-corrected chi connectivity index (χ2v) is 19.7. The Balaban J connectivity index is 2.20. The number of rotatable bonds is 4. The first-order valence-corrected chi connectivity index (χ1v) is 17.0. The topological polar surface area (TPSA) is 12.9 Å². The Morgan fingerprint density at radius 3 is 2.12 bits per heavy atom. The van der Waals surface area contributed by atoms with E-state index in [1.165, 1.54) is 22.1 Å². The van der Waals surface area contributed by atoms with Crippen LogP contribution in [0.4, 0.5) is 0 Å². The van der Waals surface area contributed by atoms with Gasteiger partial charge >= 0.3 is 161 Å². The minimum atomic E-state index is -1.92. The average molecular weight is 406 g/mol. The van der Waals surface area contributed by atoms with Gasteiger partial charge in [-0.2, -0.15) is 0 Å². The van der Waals surface area contributed by atoms with Crippen molar-refractivity contribution in [2.24, 2.45) is 5.92 Å². The molecule has 2 aromatic carbocycles. The fourth-order valence-electron chi connectivity index (χ4n) is 3.88. The van der Waals surface area contributed by atoms with Gasteiger partial charge in [-0.3, -0.25) is 0 Å². The Morgan fingerprint density at radius 1 is 0.885 bits per heavy atom. The van der Waals surface area contributed by atoms with Gasteiger partial charge in [0.25, 0.3) is 0 Å². The molecule has 1 aromatic heterocycles. The second kappa shape index (κ2) is 7.19. The van der Waals surface area contributed by atoms with E-state index in [1.807, 2.05) is 0 Å². The van der Waals surface area contributed by atoms with Gasteiger partial charge in [0.05, 0.1) is 0 Å². The maximum absolute atomic E-state index is 5.04. The zero-order valence-electron chi connectivity index (χ0n) is 17.3. The first-order chi connectivity index (χ1) is 12.1. The minimum absolute atomic E-state index is 0.656. The Bertz CT molecular complexity index is 928. The van der Waals surface area contributed by atoms with Crippen LogP contribution in [-0.2, 0) is 6.42 Å².